The van der Waals surface area contributed by atoms with Crippen molar-refractivity contribution in [1.82, 2.24) is 10.6 Å². The number of rotatable bonds is 5. The highest BCUT2D eigenvalue weighted by Crippen LogP contribution is 2.17. The summed E-state index contributed by atoms with van der Waals surface area (Å²) in [6, 6.07) is 7.06. The predicted molar refractivity (Wildman–Crippen MR) is 87.9 cm³/mol. The quantitative estimate of drug-likeness (QED) is 0.379. The van der Waals surface area contributed by atoms with E-state index >= 15 is 0 Å². The fourth-order valence-electron chi connectivity index (χ4n) is 2.65. The number of hydrogen-bond donors (Lipinski definition) is 2. The van der Waals surface area contributed by atoms with Gasteiger partial charge in [-0.25, -0.2) is 4.99 Å². The van der Waals surface area contributed by atoms with E-state index in [0.29, 0.717) is 12.6 Å². The molecule has 1 fully saturated rings. The molecule has 2 N–H and O–H groups in total. The second-order valence-corrected chi connectivity index (χ2v) is 5.60. The number of nitrogens with zero attached hydrogens (tertiary/aromatic N) is 2. The maximum absolute atomic E-state index is 10.6. The summed E-state index contributed by atoms with van der Waals surface area (Å²) in [6.07, 6.45) is 6.28. The zero-order chi connectivity index (χ0) is 15.8. The lowest BCUT2D eigenvalue weighted by molar-refractivity contribution is -0.384. The summed E-state index contributed by atoms with van der Waals surface area (Å²) in [5, 5.41) is 17.4. The van der Waals surface area contributed by atoms with Crippen LogP contribution in [0.5, 0.6) is 0 Å². The normalized spacial score (nSPS) is 16.3. The molecule has 1 aliphatic rings. The first-order valence-electron chi connectivity index (χ1n) is 7.97. The highest BCUT2D eigenvalue weighted by molar-refractivity contribution is 5.80. The van der Waals surface area contributed by atoms with Gasteiger partial charge in [0.1, 0.15) is 0 Å². The molecule has 0 radical (unpaired) electrons. The first-order chi connectivity index (χ1) is 10.7. The van der Waals surface area contributed by atoms with Gasteiger partial charge in [0.2, 0.25) is 0 Å². The number of nitrogens with one attached hydrogen (secondary N) is 2. The number of aliphatic imine (C=N–C) groups is 1. The zero-order valence-corrected chi connectivity index (χ0v) is 13.0. The Balaban J connectivity index is 1.94. The van der Waals surface area contributed by atoms with Crippen LogP contribution in [-0.4, -0.2) is 23.5 Å². The third-order valence-corrected chi connectivity index (χ3v) is 3.86. The molecule has 0 heterocycles. The number of benzene rings is 1. The largest absolute Gasteiger partial charge is 0.357 e. The highest BCUT2D eigenvalue weighted by atomic mass is 16.6. The molecule has 0 amide bonds. The molecule has 6 nitrogen and oxygen atoms in total. The van der Waals surface area contributed by atoms with Crippen molar-refractivity contribution in [3.63, 3.8) is 0 Å². The first-order valence-corrected chi connectivity index (χ1v) is 7.97. The monoisotopic (exact) mass is 304 g/mol. The van der Waals surface area contributed by atoms with Crippen molar-refractivity contribution in [1.29, 1.82) is 0 Å². The van der Waals surface area contributed by atoms with Crippen molar-refractivity contribution >= 4 is 11.6 Å². The van der Waals surface area contributed by atoms with E-state index in [9.17, 15) is 10.1 Å². The number of guanidine groups is 1. The van der Waals surface area contributed by atoms with Gasteiger partial charge in [-0.2, -0.15) is 0 Å². The molecular formula is C16H24N4O2. The highest BCUT2D eigenvalue weighted by Gasteiger charge is 2.14. The van der Waals surface area contributed by atoms with Gasteiger partial charge in [0.05, 0.1) is 11.5 Å². The second-order valence-electron chi connectivity index (χ2n) is 5.60. The Bertz CT molecular complexity index is 507. The molecule has 22 heavy (non-hydrogen) atoms. The Morgan fingerprint density at radius 3 is 2.55 bits per heavy atom. The van der Waals surface area contributed by atoms with Crippen molar-refractivity contribution in [2.75, 3.05) is 6.54 Å². The molecule has 0 atom stereocenters. The van der Waals surface area contributed by atoms with Gasteiger partial charge in [0.25, 0.3) is 5.69 Å². The summed E-state index contributed by atoms with van der Waals surface area (Å²) < 4.78 is 0. The Labute approximate surface area is 131 Å². The zero-order valence-electron chi connectivity index (χ0n) is 13.0. The Hall–Kier alpha value is -2.11. The lowest BCUT2D eigenvalue weighted by Gasteiger charge is -2.24. The molecule has 0 bridgehead atoms. The van der Waals surface area contributed by atoms with Crippen molar-refractivity contribution in [3.05, 3.63) is 39.9 Å². The lowest BCUT2D eigenvalue weighted by atomic mass is 9.96. The molecule has 0 unspecified atom stereocenters. The van der Waals surface area contributed by atoms with Crippen molar-refractivity contribution in [2.24, 2.45) is 4.99 Å². The average molecular weight is 304 g/mol. The van der Waals surface area contributed by atoms with Crippen LogP contribution in [0.2, 0.25) is 0 Å². The minimum absolute atomic E-state index is 0.111. The molecule has 2 rings (SSSR count). The van der Waals surface area contributed by atoms with Crippen molar-refractivity contribution in [2.45, 2.75) is 51.6 Å². The van der Waals surface area contributed by atoms with Gasteiger partial charge >= 0.3 is 0 Å². The summed E-state index contributed by atoms with van der Waals surface area (Å²) in [7, 11) is 0. The molecule has 0 spiro atoms. The van der Waals surface area contributed by atoms with Crippen LogP contribution < -0.4 is 10.6 Å². The van der Waals surface area contributed by atoms with Crippen LogP contribution in [0.15, 0.2) is 29.3 Å². The van der Waals surface area contributed by atoms with Gasteiger partial charge in [-0.05, 0) is 25.3 Å². The number of nitro groups is 1. The number of hydrogen-bond acceptors (Lipinski definition) is 3. The van der Waals surface area contributed by atoms with Gasteiger partial charge in [0.15, 0.2) is 5.96 Å². The molecule has 1 aliphatic carbocycles. The Morgan fingerprint density at radius 1 is 1.27 bits per heavy atom. The summed E-state index contributed by atoms with van der Waals surface area (Å²) in [5.74, 6) is 0.827. The van der Waals surface area contributed by atoms with E-state index < -0.39 is 0 Å². The molecule has 1 aromatic carbocycles. The van der Waals surface area contributed by atoms with Crippen LogP contribution in [0, 0.1) is 10.1 Å². The van der Waals surface area contributed by atoms with E-state index in [4.69, 9.17) is 0 Å². The molecule has 120 valence electrons. The van der Waals surface area contributed by atoms with Crippen molar-refractivity contribution in [3.8, 4) is 0 Å². The van der Waals surface area contributed by atoms with E-state index in [1.165, 1.54) is 44.2 Å². The van der Waals surface area contributed by atoms with Crippen LogP contribution in [0.25, 0.3) is 0 Å². The smallest absolute Gasteiger partial charge is 0.269 e. The van der Waals surface area contributed by atoms with Crippen LogP contribution in [0.4, 0.5) is 5.69 Å². The predicted octanol–water partition coefficient (Wildman–Crippen LogP) is 2.98. The topological polar surface area (TPSA) is 79.6 Å². The van der Waals surface area contributed by atoms with E-state index in [2.05, 4.69) is 15.6 Å². The van der Waals surface area contributed by atoms with Crippen molar-refractivity contribution < 1.29 is 4.92 Å². The molecule has 1 aromatic rings. The Morgan fingerprint density at radius 2 is 1.95 bits per heavy atom. The fraction of sp³-hybridized carbons (Fsp3) is 0.562. The number of non-ortho nitro benzene ring substituents is 1. The van der Waals surface area contributed by atoms with Gasteiger partial charge in [-0.3, -0.25) is 10.1 Å². The average Bonchev–Trinajstić information content (AvgIpc) is 2.54. The third-order valence-electron chi connectivity index (χ3n) is 3.86. The maximum Gasteiger partial charge on any atom is 0.269 e. The SMILES string of the molecule is CCNC(=NCc1ccc([N+](=O)[O-])cc1)NC1CCCCC1. The molecular weight excluding hydrogens is 280 g/mol. The lowest BCUT2D eigenvalue weighted by Crippen LogP contribution is -2.44. The fourth-order valence-corrected chi connectivity index (χ4v) is 2.65. The third kappa shape index (κ3) is 5.02. The van der Waals surface area contributed by atoms with Gasteiger partial charge in [-0.1, -0.05) is 31.4 Å². The Kier molecular flexibility index (Phi) is 6.18. The van der Waals surface area contributed by atoms with E-state index in [-0.39, 0.29) is 10.6 Å². The molecule has 0 aliphatic heterocycles. The van der Waals surface area contributed by atoms with Crippen LogP contribution in [-0.2, 0) is 6.54 Å². The van der Waals surface area contributed by atoms with Gasteiger partial charge in [0, 0.05) is 24.7 Å². The maximum atomic E-state index is 10.6. The number of nitro benzene ring substituents is 1. The molecule has 1 saturated carbocycles. The van der Waals surface area contributed by atoms with Crippen LogP contribution in [0.1, 0.15) is 44.6 Å². The van der Waals surface area contributed by atoms with Gasteiger partial charge < -0.3 is 10.6 Å². The summed E-state index contributed by atoms with van der Waals surface area (Å²) >= 11 is 0. The minimum atomic E-state index is -0.387. The molecule has 0 saturated heterocycles. The van der Waals surface area contributed by atoms with E-state index in [1.54, 1.807) is 12.1 Å². The van der Waals surface area contributed by atoms with E-state index in [0.717, 1.165) is 18.1 Å². The first kappa shape index (κ1) is 16.3. The second kappa shape index (κ2) is 8.36. The summed E-state index contributed by atoms with van der Waals surface area (Å²) in [5.41, 5.74) is 1.08. The van der Waals surface area contributed by atoms with Crippen LogP contribution in [0.3, 0.4) is 0 Å². The summed E-state index contributed by atoms with van der Waals surface area (Å²) in [6.45, 7) is 3.38. The summed E-state index contributed by atoms with van der Waals surface area (Å²) in [4.78, 5) is 14.8. The standard InChI is InChI=1S/C16H24N4O2/c1-2-17-16(19-14-6-4-3-5-7-14)18-12-13-8-10-15(11-9-13)20(21)22/h8-11,14H,2-7,12H2,1H3,(H2,17,18,19). The van der Waals surface area contributed by atoms with E-state index in [1.807, 2.05) is 6.92 Å². The minimum Gasteiger partial charge on any atom is -0.357 e. The van der Waals surface area contributed by atoms with Gasteiger partial charge in [-0.15, -0.1) is 0 Å². The van der Waals surface area contributed by atoms with Crippen LogP contribution >= 0.6 is 0 Å². The molecule has 6 heteroatoms. The molecule has 0 aromatic heterocycles.